The molecule has 18 heavy (non-hydrogen) atoms. The zero-order valence-electron chi connectivity index (χ0n) is 11.2. The van der Waals surface area contributed by atoms with Gasteiger partial charge in [-0.05, 0) is 54.2 Å². The predicted octanol–water partition coefficient (Wildman–Crippen LogP) is 2.89. The van der Waals surface area contributed by atoms with E-state index in [2.05, 4.69) is 41.4 Å². The Bertz CT molecular complexity index is 439. The molecule has 5 heteroatoms. The molecule has 1 heterocycles. The number of nitrogens with zero attached hydrogens (tertiary/aromatic N) is 2. The van der Waals surface area contributed by atoms with Crippen LogP contribution in [0.25, 0.3) is 0 Å². The minimum atomic E-state index is -0.288. The minimum absolute atomic E-state index is 0.288. The lowest BCUT2D eigenvalue weighted by Crippen LogP contribution is -2.38. The predicted molar refractivity (Wildman–Crippen MR) is 80.2 cm³/mol. The van der Waals surface area contributed by atoms with Gasteiger partial charge in [0.15, 0.2) is 5.82 Å². The number of hydrogen-bond acceptors (Lipinski definition) is 4. The standard InChI is InChI=1S/C13H20IN3O/c1-8(2)7-9-10(14)11(15)17-12(16-9)13(18-3)5-4-6-13/h8H,4-7H2,1-3H3,(H2,15,16,17). The highest BCUT2D eigenvalue weighted by Gasteiger charge is 2.42. The highest BCUT2D eigenvalue weighted by atomic mass is 127. The van der Waals surface area contributed by atoms with Gasteiger partial charge in [0.2, 0.25) is 0 Å². The molecular weight excluding hydrogens is 341 g/mol. The van der Waals surface area contributed by atoms with Gasteiger partial charge in [-0.2, -0.15) is 0 Å². The molecule has 1 saturated carbocycles. The first kappa shape index (κ1) is 14.0. The van der Waals surface area contributed by atoms with E-state index < -0.39 is 0 Å². The van der Waals surface area contributed by atoms with Crippen LogP contribution in [0, 0.1) is 9.49 Å². The van der Waals surface area contributed by atoms with Gasteiger partial charge >= 0.3 is 0 Å². The third-order valence-electron chi connectivity index (χ3n) is 3.51. The van der Waals surface area contributed by atoms with Gasteiger partial charge in [0.25, 0.3) is 0 Å². The maximum absolute atomic E-state index is 6.01. The van der Waals surface area contributed by atoms with E-state index in [0.717, 1.165) is 34.4 Å². The molecule has 0 amide bonds. The fourth-order valence-corrected chi connectivity index (χ4v) is 2.72. The van der Waals surface area contributed by atoms with Crippen molar-refractivity contribution in [2.24, 2.45) is 5.92 Å². The molecule has 0 spiro atoms. The van der Waals surface area contributed by atoms with Gasteiger partial charge in [0.1, 0.15) is 11.4 Å². The summed E-state index contributed by atoms with van der Waals surface area (Å²) in [5, 5.41) is 0. The zero-order chi connectivity index (χ0) is 13.3. The Morgan fingerprint density at radius 2 is 2.06 bits per heavy atom. The highest BCUT2D eigenvalue weighted by molar-refractivity contribution is 14.1. The summed E-state index contributed by atoms with van der Waals surface area (Å²) in [6, 6.07) is 0. The Labute approximate surface area is 122 Å². The zero-order valence-corrected chi connectivity index (χ0v) is 13.3. The number of hydrogen-bond donors (Lipinski definition) is 1. The summed E-state index contributed by atoms with van der Waals surface area (Å²) in [6.07, 6.45) is 4.08. The van der Waals surface area contributed by atoms with Gasteiger partial charge in [-0.3, -0.25) is 0 Å². The third kappa shape index (κ3) is 2.47. The van der Waals surface area contributed by atoms with Gasteiger partial charge in [-0.25, -0.2) is 9.97 Å². The summed E-state index contributed by atoms with van der Waals surface area (Å²) >= 11 is 2.23. The molecule has 1 fully saturated rings. The van der Waals surface area contributed by atoms with Crippen molar-refractivity contribution in [3.8, 4) is 0 Å². The van der Waals surface area contributed by atoms with E-state index in [4.69, 9.17) is 15.5 Å². The lowest BCUT2D eigenvalue weighted by atomic mass is 9.79. The second-order valence-electron chi connectivity index (χ2n) is 5.34. The number of anilines is 1. The molecule has 0 bridgehead atoms. The molecule has 0 saturated heterocycles. The molecule has 0 aliphatic heterocycles. The Kier molecular flexibility index (Phi) is 4.11. The molecule has 1 aliphatic carbocycles. The first-order valence-corrected chi connectivity index (χ1v) is 7.44. The van der Waals surface area contributed by atoms with E-state index in [1.54, 1.807) is 7.11 Å². The molecular formula is C13H20IN3O. The molecule has 0 radical (unpaired) electrons. The Hall–Kier alpha value is -0.430. The first-order valence-electron chi connectivity index (χ1n) is 6.36. The summed E-state index contributed by atoms with van der Waals surface area (Å²) in [4.78, 5) is 9.15. The molecule has 0 unspecified atom stereocenters. The molecule has 4 nitrogen and oxygen atoms in total. The number of nitrogens with two attached hydrogens (primary N) is 1. The van der Waals surface area contributed by atoms with Crippen molar-refractivity contribution in [2.75, 3.05) is 12.8 Å². The second-order valence-corrected chi connectivity index (χ2v) is 6.42. The van der Waals surface area contributed by atoms with Crippen LogP contribution in [0.1, 0.15) is 44.6 Å². The van der Waals surface area contributed by atoms with Crippen molar-refractivity contribution >= 4 is 28.4 Å². The van der Waals surface area contributed by atoms with Crippen LogP contribution in [0.5, 0.6) is 0 Å². The van der Waals surface area contributed by atoms with Gasteiger partial charge in [0, 0.05) is 7.11 Å². The number of rotatable bonds is 4. The molecule has 100 valence electrons. The van der Waals surface area contributed by atoms with E-state index >= 15 is 0 Å². The second kappa shape index (κ2) is 5.28. The summed E-state index contributed by atoms with van der Waals surface area (Å²) in [6.45, 7) is 4.37. The summed E-state index contributed by atoms with van der Waals surface area (Å²) in [7, 11) is 1.73. The molecule has 0 aromatic carbocycles. The van der Waals surface area contributed by atoms with Gasteiger partial charge < -0.3 is 10.5 Å². The molecule has 0 atom stereocenters. The van der Waals surface area contributed by atoms with Crippen LogP contribution in [0.2, 0.25) is 0 Å². The van der Waals surface area contributed by atoms with Gasteiger partial charge in [-0.1, -0.05) is 13.8 Å². The Morgan fingerprint density at radius 1 is 1.39 bits per heavy atom. The smallest absolute Gasteiger partial charge is 0.162 e. The number of aromatic nitrogens is 2. The van der Waals surface area contributed by atoms with Crippen LogP contribution in [0.3, 0.4) is 0 Å². The Morgan fingerprint density at radius 3 is 2.50 bits per heavy atom. The number of nitrogen functional groups attached to an aromatic ring is 1. The average Bonchev–Trinajstić information content (AvgIpc) is 2.23. The minimum Gasteiger partial charge on any atom is -0.383 e. The van der Waals surface area contributed by atoms with Crippen molar-refractivity contribution in [1.29, 1.82) is 0 Å². The summed E-state index contributed by atoms with van der Waals surface area (Å²) < 4.78 is 6.61. The third-order valence-corrected chi connectivity index (χ3v) is 4.68. The van der Waals surface area contributed by atoms with Crippen molar-refractivity contribution < 1.29 is 4.74 Å². The van der Waals surface area contributed by atoms with Crippen LogP contribution in [0.15, 0.2) is 0 Å². The highest BCUT2D eigenvalue weighted by Crippen LogP contribution is 2.43. The topological polar surface area (TPSA) is 61.0 Å². The molecule has 2 N–H and O–H groups in total. The van der Waals surface area contributed by atoms with E-state index in [-0.39, 0.29) is 5.60 Å². The van der Waals surface area contributed by atoms with E-state index in [1.165, 1.54) is 6.42 Å². The average molecular weight is 361 g/mol. The maximum Gasteiger partial charge on any atom is 0.162 e. The maximum atomic E-state index is 6.01. The summed E-state index contributed by atoms with van der Waals surface area (Å²) in [5.41, 5.74) is 6.78. The normalized spacial score (nSPS) is 17.8. The lowest BCUT2D eigenvalue weighted by Gasteiger charge is -2.39. The summed E-state index contributed by atoms with van der Waals surface area (Å²) in [5.74, 6) is 1.91. The van der Waals surface area contributed by atoms with Crippen LogP contribution >= 0.6 is 22.6 Å². The van der Waals surface area contributed by atoms with Gasteiger partial charge in [-0.15, -0.1) is 0 Å². The van der Waals surface area contributed by atoms with Crippen molar-refractivity contribution in [3.63, 3.8) is 0 Å². The quantitative estimate of drug-likeness (QED) is 0.838. The van der Waals surface area contributed by atoms with Crippen LogP contribution in [0.4, 0.5) is 5.82 Å². The van der Waals surface area contributed by atoms with Crippen LogP contribution in [-0.2, 0) is 16.8 Å². The van der Waals surface area contributed by atoms with Crippen LogP contribution in [-0.4, -0.2) is 17.1 Å². The first-order chi connectivity index (χ1) is 8.48. The van der Waals surface area contributed by atoms with E-state index in [1.807, 2.05) is 0 Å². The van der Waals surface area contributed by atoms with Crippen molar-refractivity contribution in [1.82, 2.24) is 9.97 Å². The monoisotopic (exact) mass is 361 g/mol. The molecule has 1 aromatic rings. The van der Waals surface area contributed by atoms with Crippen molar-refractivity contribution in [3.05, 3.63) is 15.1 Å². The van der Waals surface area contributed by atoms with Crippen LogP contribution < -0.4 is 5.73 Å². The molecule has 1 aromatic heterocycles. The number of ether oxygens (including phenoxy) is 1. The van der Waals surface area contributed by atoms with Crippen molar-refractivity contribution in [2.45, 2.75) is 45.1 Å². The molecule has 1 aliphatic rings. The number of methoxy groups -OCH3 is 1. The largest absolute Gasteiger partial charge is 0.383 e. The fraction of sp³-hybridized carbons (Fsp3) is 0.692. The molecule has 2 rings (SSSR count). The van der Waals surface area contributed by atoms with E-state index in [9.17, 15) is 0 Å². The lowest BCUT2D eigenvalue weighted by molar-refractivity contribution is -0.0847. The Balaban J connectivity index is 2.40. The number of halogens is 1. The fourth-order valence-electron chi connectivity index (χ4n) is 2.26. The SMILES string of the molecule is COC1(c2nc(N)c(I)c(CC(C)C)n2)CCC1. The van der Waals surface area contributed by atoms with E-state index in [0.29, 0.717) is 11.7 Å². The van der Waals surface area contributed by atoms with Gasteiger partial charge in [0.05, 0.1) is 9.26 Å².